The van der Waals surface area contributed by atoms with Crippen molar-refractivity contribution in [1.29, 1.82) is 0 Å². The zero-order valence-electron chi connectivity index (χ0n) is 4.02. The van der Waals surface area contributed by atoms with Gasteiger partial charge in [0.1, 0.15) is 0 Å². The summed E-state index contributed by atoms with van der Waals surface area (Å²) in [6, 6.07) is 0. The molecule has 0 spiro atoms. The normalized spacial score (nSPS) is 7.00. The number of aliphatic hydroxyl groups is 1. The van der Waals surface area contributed by atoms with E-state index < -0.39 is 0 Å². The van der Waals surface area contributed by atoms with Crippen molar-refractivity contribution in [3.63, 3.8) is 0 Å². The van der Waals surface area contributed by atoms with Crippen LogP contribution in [-0.2, 0) is 32.7 Å². The monoisotopic (exact) mass is 162 g/mol. The molecule has 0 aromatic heterocycles. The quantitative estimate of drug-likeness (QED) is 0.589. The van der Waals surface area contributed by atoms with Crippen LogP contribution in [0.3, 0.4) is 0 Å². The van der Waals surface area contributed by atoms with Crippen LogP contribution in [-0.4, -0.2) is 11.7 Å². The molecule has 2 heteroatoms. The van der Waals surface area contributed by atoms with Crippen LogP contribution < -0.4 is 0 Å². The van der Waals surface area contributed by atoms with Crippen LogP contribution >= 0.6 is 0 Å². The molecule has 0 aromatic rings. The predicted molar refractivity (Wildman–Crippen MR) is 21.7 cm³/mol. The Hall–Kier alpha value is 1.06. The standard InChI is InChI=1S/C4H9O.Y/c1-2-3-4-5;/h3,5H,2,4H2,1H3;/q-1;. The van der Waals surface area contributed by atoms with E-state index >= 15 is 0 Å². The first-order valence-corrected chi connectivity index (χ1v) is 1.84. The Kier molecular flexibility index (Phi) is 15.9. The van der Waals surface area contributed by atoms with Gasteiger partial charge in [0.05, 0.1) is 0 Å². The van der Waals surface area contributed by atoms with Gasteiger partial charge in [0.15, 0.2) is 0 Å². The molecule has 35 valence electrons. The van der Waals surface area contributed by atoms with Gasteiger partial charge < -0.3 is 11.5 Å². The average Bonchev–Trinajstić information content (AvgIpc) is 1.41. The van der Waals surface area contributed by atoms with Gasteiger partial charge in [-0.1, -0.05) is 13.5 Å². The van der Waals surface area contributed by atoms with Crippen molar-refractivity contribution in [2.45, 2.75) is 13.3 Å². The fourth-order valence-electron chi connectivity index (χ4n) is 0.129. The number of hydrogen-bond acceptors (Lipinski definition) is 1. The van der Waals surface area contributed by atoms with E-state index in [0.29, 0.717) is 0 Å². The molecule has 0 aliphatic carbocycles. The van der Waals surface area contributed by atoms with Crippen LogP contribution in [0, 0.1) is 6.42 Å². The van der Waals surface area contributed by atoms with Crippen molar-refractivity contribution in [2.75, 3.05) is 6.61 Å². The first kappa shape index (κ1) is 10.1. The summed E-state index contributed by atoms with van der Waals surface area (Å²) in [7, 11) is 0. The zero-order valence-corrected chi connectivity index (χ0v) is 6.85. The van der Waals surface area contributed by atoms with Gasteiger partial charge in [0.25, 0.3) is 0 Å². The molecule has 0 fully saturated rings. The Bertz CT molecular complexity index is 15.0. The molecule has 0 saturated carbocycles. The molecular formula is C4H9OY-. The summed E-state index contributed by atoms with van der Waals surface area (Å²) in [6.07, 6.45) is 2.77. The van der Waals surface area contributed by atoms with Gasteiger partial charge in [-0.05, 0) is 0 Å². The third-order valence-corrected chi connectivity index (χ3v) is 0.418. The Morgan fingerprint density at radius 2 is 2.17 bits per heavy atom. The van der Waals surface area contributed by atoms with Crippen molar-refractivity contribution in [3.05, 3.63) is 6.42 Å². The van der Waals surface area contributed by atoms with Gasteiger partial charge in [-0.25, -0.2) is 0 Å². The molecule has 1 nitrogen and oxygen atoms in total. The fourth-order valence-corrected chi connectivity index (χ4v) is 0.129. The van der Waals surface area contributed by atoms with E-state index in [4.69, 9.17) is 5.11 Å². The molecule has 0 saturated heterocycles. The molecule has 0 atom stereocenters. The second-order valence-electron chi connectivity index (χ2n) is 0.879. The summed E-state index contributed by atoms with van der Waals surface area (Å²) in [5.74, 6) is 0. The molecule has 0 aromatic carbocycles. The van der Waals surface area contributed by atoms with E-state index in [-0.39, 0.29) is 39.3 Å². The largest absolute Gasteiger partial charge is 0.428 e. The fraction of sp³-hybridized carbons (Fsp3) is 0.750. The maximum atomic E-state index is 8.01. The van der Waals surface area contributed by atoms with Crippen molar-refractivity contribution in [2.24, 2.45) is 0 Å². The van der Waals surface area contributed by atoms with E-state index in [1.165, 1.54) is 0 Å². The third-order valence-electron chi connectivity index (χ3n) is 0.418. The molecule has 0 aliphatic heterocycles. The van der Waals surface area contributed by atoms with E-state index in [9.17, 15) is 0 Å². The first-order valence-electron chi connectivity index (χ1n) is 1.84. The van der Waals surface area contributed by atoms with Crippen molar-refractivity contribution >= 4 is 0 Å². The summed E-state index contributed by atoms with van der Waals surface area (Å²) in [6.45, 7) is 2.22. The number of unbranched alkanes of at least 4 members (excludes halogenated alkanes) is 1. The van der Waals surface area contributed by atoms with Crippen LogP contribution in [0.25, 0.3) is 0 Å². The van der Waals surface area contributed by atoms with Gasteiger partial charge in [0, 0.05) is 32.7 Å². The van der Waals surface area contributed by atoms with Crippen LogP contribution in [0.15, 0.2) is 0 Å². The molecule has 0 aliphatic rings. The van der Waals surface area contributed by atoms with Crippen LogP contribution in [0.4, 0.5) is 0 Å². The SMILES string of the molecule is CC[CH-]CO.[Y]. The molecule has 0 bridgehead atoms. The minimum absolute atomic E-state index is 0. The van der Waals surface area contributed by atoms with Gasteiger partial charge in [0.2, 0.25) is 0 Å². The Balaban J connectivity index is 0. The Morgan fingerprint density at radius 1 is 1.67 bits per heavy atom. The molecule has 1 N–H and O–H groups in total. The summed E-state index contributed by atoms with van der Waals surface area (Å²) < 4.78 is 0. The van der Waals surface area contributed by atoms with Crippen LogP contribution in [0.5, 0.6) is 0 Å². The van der Waals surface area contributed by atoms with Gasteiger partial charge in [-0.15, -0.1) is 0 Å². The second kappa shape index (κ2) is 9.42. The molecule has 1 radical (unpaired) electrons. The van der Waals surface area contributed by atoms with Gasteiger partial charge in [-0.2, -0.15) is 6.42 Å². The Labute approximate surface area is 64.0 Å². The number of hydrogen-bond donors (Lipinski definition) is 1. The maximum Gasteiger partial charge on any atom is 0 e. The smallest absolute Gasteiger partial charge is 0 e. The van der Waals surface area contributed by atoms with Crippen molar-refractivity contribution in [3.8, 4) is 0 Å². The summed E-state index contributed by atoms with van der Waals surface area (Å²) in [5.41, 5.74) is 0. The maximum absolute atomic E-state index is 8.01. The molecule has 0 heterocycles. The van der Waals surface area contributed by atoms with E-state index in [1.54, 1.807) is 6.42 Å². The summed E-state index contributed by atoms with van der Waals surface area (Å²) >= 11 is 0. The average molecular weight is 162 g/mol. The van der Waals surface area contributed by atoms with Crippen molar-refractivity contribution < 1.29 is 37.8 Å². The summed E-state index contributed by atoms with van der Waals surface area (Å²) in [4.78, 5) is 0. The minimum atomic E-state index is 0. The van der Waals surface area contributed by atoms with Gasteiger partial charge >= 0.3 is 0 Å². The zero-order chi connectivity index (χ0) is 4.12. The number of rotatable bonds is 2. The third kappa shape index (κ3) is 8.91. The summed E-state index contributed by atoms with van der Waals surface area (Å²) in [5, 5.41) is 8.01. The molecule has 0 rings (SSSR count). The van der Waals surface area contributed by atoms with Crippen molar-refractivity contribution in [1.82, 2.24) is 0 Å². The first-order chi connectivity index (χ1) is 2.41. The topological polar surface area (TPSA) is 20.2 Å². The minimum Gasteiger partial charge on any atom is -0.428 e. The van der Waals surface area contributed by atoms with Crippen LogP contribution in [0.2, 0.25) is 0 Å². The van der Waals surface area contributed by atoms with E-state index in [0.717, 1.165) is 6.42 Å². The second-order valence-corrected chi connectivity index (χ2v) is 0.879. The predicted octanol–water partition coefficient (Wildman–Crippen LogP) is 0.590. The Morgan fingerprint density at radius 3 is 2.17 bits per heavy atom. The molecule has 0 amide bonds. The van der Waals surface area contributed by atoms with Gasteiger partial charge in [-0.3, -0.25) is 0 Å². The van der Waals surface area contributed by atoms with E-state index in [1.807, 2.05) is 6.92 Å². The van der Waals surface area contributed by atoms with Crippen LogP contribution in [0.1, 0.15) is 13.3 Å². The van der Waals surface area contributed by atoms with E-state index in [2.05, 4.69) is 0 Å². The molecule has 6 heavy (non-hydrogen) atoms. The molecular weight excluding hydrogens is 153 g/mol. The number of aliphatic hydroxyl groups excluding tert-OH is 1. The molecule has 0 unspecified atom stereocenters.